The third-order valence-corrected chi connectivity index (χ3v) is 4.38. The molecule has 1 aliphatic carbocycles. The maximum atomic E-state index is 12.5. The number of hydrogen-bond donors (Lipinski definition) is 1. The summed E-state index contributed by atoms with van der Waals surface area (Å²) in [6.45, 7) is 0. The molecule has 114 valence electrons. The van der Waals surface area contributed by atoms with Crippen LogP contribution in [0.2, 0.25) is 0 Å². The van der Waals surface area contributed by atoms with Gasteiger partial charge in [-0.3, -0.25) is 4.79 Å². The van der Waals surface area contributed by atoms with E-state index in [1.807, 2.05) is 18.2 Å². The van der Waals surface area contributed by atoms with Gasteiger partial charge in [0, 0.05) is 12.1 Å². The number of carbonyl (C=O) groups excluding carboxylic acids is 1. The molecule has 2 aromatic rings. The van der Waals surface area contributed by atoms with Gasteiger partial charge in [0.25, 0.3) is 5.91 Å². The van der Waals surface area contributed by atoms with Crippen molar-refractivity contribution in [2.45, 2.75) is 31.7 Å². The predicted molar refractivity (Wildman–Crippen MR) is 84.0 cm³/mol. The smallest absolute Gasteiger partial charge is 0.252 e. The zero-order chi connectivity index (χ0) is 15.4. The minimum Gasteiger partial charge on any atom is -0.619 e. The lowest BCUT2D eigenvalue weighted by Crippen LogP contribution is -2.33. The van der Waals surface area contributed by atoms with Gasteiger partial charge in [0.05, 0.1) is 11.6 Å². The van der Waals surface area contributed by atoms with E-state index in [1.165, 1.54) is 25.2 Å². The van der Waals surface area contributed by atoms with Gasteiger partial charge >= 0.3 is 0 Å². The molecule has 1 N–H and O–H groups in total. The van der Waals surface area contributed by atoms with Crippen molar-refractivity contribution in [3.8, 4) is 0 Å². The van der Waals surface area contributed by atoms with Crippen molar-refractivity contribution < 1.29 is 9.52 Å². The lowest BCUT2D eigenvalue weighted by molar-refractivity contribution is -0.605. The van der Waals surface area contributed by atoms with E-state index in [4.69, 9.17) is 0 Å². The largest absolute Gasteiger partial charge is 0.619 e. The fourth-order valence-electron chi connectivity index (χ4n) is 3.21. The van der Waals surface area contributed by atoms with Crippen LogP contribution in [-0.4, -0.2) is 5.91 Å². The Morgan fingerprint density at radius 3 is 2.36 bits per heavy atom. The average Bonchev–Trinajstić information content (AvgIpc) is 3.08. The number of carbonyl (C=O) groups is 1. The van der Waals surface area contributed by atoms with E-state index >= 15 is 0 Å². The molecule has 0 spiro atoms. The second-order valence-corrected chi connectivity index (χ2v) is 5.85. The summed E-state index contributed by atoms with van der Waals surface area (Å²) in [5.74, 6) is 0.362. The first-order valence-corrected chi connectivity index (χ1v) is 7.78. The van der Waals surface area contributed by atoms with Crippen molar-refractivity contribution in [3.05, 3.63) is 71.2 Å². The highest BCUT2D eigenvalue weighted by molar-refractivity contribution is 5.94. The maximum Gasteiger partial charge on any atom is 0.252 e. The fourth-order valence-corrected chi connectivity index (χ4v) is 3.21. The third kappa shape index (κ3) is 3.27. The Labute approximate surface area is 130 Å². The van der Waals surface area contributed by atoms with E-state index in [9.17, 15) is 10.0 Å². The van der Waals surface area contributed by atoms with Gasteiger partial charge < -0.3 is 10.5 Å². The van der Waals surface area contributed by atoms with Crippen LogP contribution in [0, 0.1) is 11.1 Å². The molecule has 0 aliphatic heterocycles. The summed E-state index contributed by atoms with van der Waals surface area (Å²) in [5, 5.41) is 14.2. The first kappa shape index (κ1) is 14.6. The SMILES string of the molecule is O=C(NC(c1ccccc1)C1CCCC1)c1cc[n+]([O-])cc1. The molecular formula is C18H20N2O2. The number of aromatic nitrogens is 1. The van der Waals surface area contributed by atoms with E-state index in [-0.39, 0.29) is 11.9 Å². The number of nitrogens with zero attached hydrogens (tertiary/aromatic N) is 1. The number of amides is 1. The molecule has 1 aliphatic rings. The minimum atomic E-state index is -0.124. The summed E-state index contributed by atoms with van der Waals surface area (Å²) in [7, 11) is 0. The molecule has 0 saturated heterocycles. The van der Waals surface area contributed by atoms with Gasteiger partial charge in [0.1, 0.15) is 0 Å². The second kappa shape index (κ2) is 6.60. The molecule has 1 saturated carbocycles. The first-order chi connectivity index (χ1) is 10.7. The van der Waals surface area contributed by atoms with Crippen LogP contribution in [0.5, 0.6) is 0 Å². The molecule has 1 fully saturated rings. The number of pyridine rings is 1. The van der Waals surface area contributed by atoms with Crippen molar-refractivity contribution in [1.82, 2.24) is 5.32 Å². The molecular weight excluding hydrogens is 276 g/mol. The predicted octanol–water partition coefficient (Wildman–Crippen LogP) is 2.98. The summed E-state index contributed by atoms with van der Waals surface area (Å²) in [6, 6.07) is 13.3. The Hall–Kier alpha value is -2.36. The molecule has 1 atom stereocenters. The summed E-state index contributed by atoms with van der Waals surface area (Å²) in [4.78, 5) is 12.5. The van der Waals surface area contributed by atoms with Crippen molar-refractivity contribution in [1.29, 1.82) is 0 Å². The standard InChI is InChI=1S/C18H20N2O2/c21-18(16-10-12-20(22)13-11-16)19-17(15-8-4-5-9-15)14-6-2-1-3-7-14/h1-3,6-7,10-13,15,17H,4-5,8-9H2,(H,19,21). The van der Waals surface area contributed by atoms with Crippen LogP contribution in [-0.2, 0) is 0 Å². The minimum absolute atomic E-state index is 0.0378. The van der Waals surface area contributed by atoms with E-state index in [1.54, 1.807) is 12.1 Å². The molecule has 0 radical (unpaired) electrons. The molecule has 1 heterocycles. The number of hydrogen-bond acceptors (Lipinski definition) is 2. The van der Waals surface area contributed by atoms with Crippen LogP contribution in [0.25, 0.3) is 0 Å². The second-order valence-electron chi connectivity index (χ2n) is 5.85. The molecule has 1 aromatic heterocycles. The lowest BCUT2D eigenvalue weighted by atomic mass is 9.91. The molecule has 1 unspecified atom stereocenters. The molecule has 4 heteroatoms. The normalized spacial score (nSPS) is 16.4. The quantitative estimate of drug-likeness (QED) is 0.696. The highest BCUT2D eigenvalue weighted by atomic mass is 16.5. The Morgan fingerprint density at radius 1 is 1.09 bits per heavy atom. The van der Waals surface area contributed by atoms with Crippen molar-refractivity contribution in [3.63, 3.8) is 0 Å². The monoisotopic (exact) mass is 296 g/mol. The summed E-state index contributed by atoms with van der Waals surface area (Å²) >= 11 is 0. The molecule has 1 amide bonds. The van der Waals surface area contributed by atoms with Gasteiger partial charge in [-0.1, -0.05) is 43.2 Å². The third-order valence-electron chi connectivity index (χ3n) is 4.38. The highest BCUT2D eigenvalue weighted by Crippen LogP contribution is 2.35. The van der Waals surface area contributed by atoms with Crippen LogP contribution >= 0.6 is 0 Å². The van der Waals surface area contributed by atoms with E-state index < -0.39 is 0 Å². The van der Waals surface area contributed by atoms with Crippen molar-refractivity contribution >= 4 is 5.91 Å². The van der Waals surface area contributed by atoms with Gasteiger partial charge in [-0.05, 0) is 24.3 Å². The van der Waals surface area contributed by atoms with E-state index in [0.29, 0.717) is 16.2 Å². The van der Waals surface area contributed by atoms with Gasteiger partial charge in [-0.15, -0.1) is 0 Å². The van der Waals surface area contributed by atoms with Gasteiger partial charge in [-0.25, -0.2) is 0 Å². The van der Waals surface area contributed by atoms with Gasteiger partial charge in [0.2, 0.25) is 0 Å². The average molecular weight is 296 g/mol. The topological polar surface area (TPSA) is 56.0 Å². The number of benzene rings is 1. The fraction of sp³-hybridized carbons (Fsp3) is 0.333. The molecule has 22 heavy (non-hydrogen) atoms. The van der Waals surface area contributed by atoms with Crippen LogP contribution in [0.15, 0.2) is 54.9 Å². The Morgan fingerprint density at radius 2 is 1.73 bits per heavy atom. The summed E-state index contributed by atoms with van der Waals surface area (Å²) in [6.07, 6.45) is 7.45. The first-order valence-electron chi connectivity index (χ1n) is 7.78. The van der Waals surface area contributed by atoms with Crippen LogP contribution < -0.4 is 10.0 Å². The highest BCUT2D eigenvalue weighted by Gasteiger charge is 2.28. The number of rotatable bonds is 4. The van der Waals surface area contributed by atoms with E-state index in [0.717, 1.165) is 18.4 Å². The Balaban J connectivity index is 1.80. The zero-order valence-corrected chi connectivity index (χ0v) is 12.4. The van der Waals surface area contributed by atoms with Gasteiger partial charge in [0.15, 0.2) is 12.4 Å². The van der Waals surface area contributed by atoms with E-state index in [2.05, 4.69) is 17.4 Å². The van der Waals surface area contributed by atoms with Crippen molar-refractivity contribution in [2.24, 2.45) is 5.92 Å². The van der Waals surface area contributed by atoms with Crippen LogP contribution in [0.1, 0.15) is 47.6 Å². The van der Waals surface area contributed by atoms with Gasteiger partial charge in [-0.2, -0.15) is 4.73 Å². The molecule has 4 nitrogen and oxygen atoms in total. The molecule has 0 bridgehead atoms. The molecule has 3 rings (SSSR count). The number of nitrogens with one attached hydrogen (secondary N) is 1. The summed E-state index contributed by atoms with van der Waals surface area (Å²) < 4.78 is 0.683. The lowest BCUT2D eigenvalue weighted by Gasteiger charge is -2.25. The van der Waals surface area contributed by atoms with Crippen LogP contribution in [0.3, 0.4) is 0 Å². The maximum absolute atomic E-state index is 12.5. The Bertz CT molecular complexity index is 619. The summed E-state index contributed by atoms with van der Waals surface area (Å²) in [5.41, 5.74) is 1.67. The van der Waals surface area contributed by atoms with Crippen LogP contribution in [0.4, 0.5) is 0 Å². The zero-order valence-electron chi connectivity index (χ0n) is 12.4. The van der Waals surface area contributed by atoms with Crippen molar-refractivity contribution in [2.75, 3.05) is 0 Å². The Kier molecular flexibility index (Phi) is 4.37. The molecule has 1 aromatic carbocycles.